The molecule has 0 aliphatic heterocycles. The van der Waals surface area contributed by atoms with Crippen molar-refractivity contribution < 1.29 is 4.79 Å². The van der Waals surface area contributed by atoms with Crippen LogP contribution >= 0.6 is 15.9 Å². The van der Waals surface area contributed by atoms with Crippen LogP contribution in [0.25, 0.3) is 11.0 Å². The van der Waals surface area contributed by atoms with Crippen molar-refractivity contribution in [1.82, 2.24) is 9.97 Å². The SMILES string of the molecule is O=C(Nc1ccc2nc[nH]c2c1)c1ccccc1Br. The Morgan fingerprint density at radius 1 is 1.21 bits per heavy atom. The van der Waals surface area contributed by atoms with Gasteiger partial charge in [0.1, 0.15) is 0 Å². The van der Waals surface area contributed by atoms with Crippen molar-refractivity contribution in [2.45, 2.75) is 0 Å². The summed E-state index contributed by atoms with van der Waals surface area (Å²) in [5, 5.41) is 2.86. The summed E-state index contributed by atoms with van der Waals surface area (Å²) >= 11 is 3.37. The lowest BCUT2D eigenvalue weighted by molar-refractivity contribution is 0.102. The van der Waals surface area contributed by atoms with Gasteiger partial charge in [0.2, 0.25) is 0 Å². The predicted octanol–water partition coefficient (Wildman–Crippen LogP) is 3.58. The highest BCUT2D eigenvalue weighted by molar-refractivity contribution is 9.10. The van der Waals surface area contributed by atoms with Gasteiger partial charge in [0, 0.05) is 10.2 Å². The molecule has 0 saturated carbocycles. The number of imidazole rings is 1. The highest BCUT2D eigenvalue weighted by Gasteiger charge is 2.09. The van der Waals surface area contributed by atoms with E-state index in [-0.39, 0.29) is 5.91 Å². The topological polar surface area (TPSA) is 57.8 Å². The molecular formula is C14H10BrN3O. The third-order valence-corrected chi connectivity index (χ3v) is 3.49. The summed E-state index contributed by atoms with van der Waals surface area (Å²) in [4.78, 5) is 19.3. The minimum absolute atomic E-state index is 0.147. The number of carbonyl (C=O) groups excluding carboxylic acids is 1. The summed E-state index contributed by atoms with van der Waals surface area (Å²) in [6, 6.07) is 12.9. The van der Waals surface area contributed by atoms with Gasteiger partial charge in [-0.2, -0.15) is 0 Å². The average molecular weight is 316 g/mol. The van der Waals surface area contributed by atoms with E-state index in [1.54, 1.807) is 12.4 Å². The quantitative estimate of drug-likeness (QED) is 0.759. The number of hydrogen-bond donors (Lipinski definition) is 2. The molecule has 0 fully saturated rings. The number of anilines is 1. The van der Waals surface area contributed by atoms with Crippen LogP contribution in [0.1, 0.15) is 10.4 Å². The Bertz CT molecular complexity index is 751. The van der Waals surface area contributed by atoms with Crippen molar-refractivity contribution in [3.63, 3.8) is 0 Å². The van der Waals surface area contributed by atoms with Crippen LogP contribution in [0, 0.1) is 0 Å². The van der Waals surface area contributed by atoms with Gasteiger partial charge < -0.3 is 10.3 Å². The molecule has 0 aliphatic rings. The lowest BCUT2D eigenvalue weighted by Gasteiger charge is -2.06. The number of halogens is 1. The van der Waals surface area contributed by atoms with E-state index in [9.17, 15) is 4.79 Å². The van der Waals surface area contributed by atoms with Crippen LogP contribution in [0.2, 0.25) is 0 Å². The first-order valence-electron chi connectivity index (χ1n) is 5.73. The predicted molar refractivity (Wildman–Crippen MR) is 78.2 cm³/mol. The molecule has 0 spiro atoms. The van der Waals surface area contributed by atoms with Gasteiger partial charge >= 0.3 is 0 Å². The molecule has 5 heteroatoms. The Kier molecular flexibility index (Phi) is 3.05. The number of benzene rings is 2. The van der Waals surface area contributed by atoms with E-state index in [2.05, 4.69) is 31.2 Å². The van der Waals surface area contributed by atoms with Gasteiger partial charge in [-0.25, -0.2) is 4.98 Å². The zero-order chi connectivity index (χ0) is 13.2. The molecule has 3 aromatic rings. The van der Waals surface area contributed by atoms with Crippen molar-refractivity contribution in [1.29, 1.82) is 0 Å². The van der Waals surface area contributed by atoms with Crippen molar-refractivity contribution >= 4 is 38.6 Å². The van der Waals surface area contributed by atoms with Crippen molar-refractivity contribution in [2.24, 2.45) is 0 Å². The average Bonchev–Trinajstić information content (AvgIpc) is 2.86. The lowest BCUT2D eigenvalue weighted by Crippen LogP contribution is -2.12. The third-order valence-electron chi connectivity index (χ3n) is 2.80. The molecule has 1 amide bonds. The van der Waals surface area contributed by atoms with Crippen LogP contribution in [-0.4, -0.2) is 15.9 Å². The summed E-state index contributed by atoms with van der Waals surface area (Å²) in [7, 11) is 0. The van der Waals surface area contributed by atoms with Crippen LogP contribution in [0.4, 0.5) is 5.69 Å². The molecule has 4 nitrogen and oxygen atoms in total. The van der Waals surface area contributed by atoms with E-state index < -0.39 is 0 Å². The first kappa shape index (κ1) is 11.9. The molecule has 0 saturated heterocycles. The van der Waals surface area contributed by atoms with Gasteiger partial charge in [0.25, 0.3) is 5.91 Å². The van der Waals surface area contributed by atoms with E-state index in [0.29, 0.717) is 5.56 Å². The van der Waals surface area contributed by atoms with Gasteiger partial charge in [0.15, 0.2) is 0 Å². The number of aromatic nitrogens is 2. The molecule has 2 aromatic carbocycles. The number of aromatic amines is 1. The minimum atomic E-state index is -0.147. The molecule has 0 unspecified atom stereocenters. The molecule has 3 rings (SSSR count). The Labute approximate surface area is 118 Å². The molecule has 0 bridgehead atoms. The van der Waals surface area contributed by atoms with Gasteiger partial charge in [-0.05, 0) is 46.3 Å². The molecule has 2 N–H and O–H groups in total. The molecule has 94 valence electrons. The molecule has 19 heavy (non-hydrogen) atoms. The number of amides is 1. The zero-order valence-corrected chi connectivity index (χ0v) is 11.4. The number of H-pyrrole nitrogens is 1. The van der Waals surface area contributed by atoms with Crippen LogP contribution in [-0.2, 0) is 0 Å². The van der Waals surface area contributed by atoms with Crippen molar-refractivity contribution in [2.75, 3.05) is 5.32 Å². The number of hydrogen-bond acceptors (Lipinski definition) is 2. The normalized spacial score (nSPS) is 10.6. The van der Waals surface area contributed by atoms with Crippen LogP contribution in [0.15, 0.2) is 53.3 Å². The molecule has 0 radical (unpaired) electrons. The minimum Gasteiger partial charge on any atom is -0.345 e. The second kappa shape index (κ2) is 4.85. The summed E-state index contributed by atoms with van der Waals surface area (Å²) in [6.07, 6.45) is 1.63. The maximum atomic E-state index is 12.1. The molecular weight excluding hydrogens is 306 g/mol. The second-order valence-electron chi connectivity index (χ2n) is 4.07. The summed E-state index contributed by atoms with van der Waals surface area (Å²) in [5.74, 6) is -0.147. The smallest absolute Gasteiger partial charge is 0.256 e. The monoisotopic (exact) mass is 315 g/mol. The fourth-order valence-corrected chi connectivity index (χ4v) is 2.32. The number of nitrogens with one attached hydrogen (secondary N) is 2. The second-order valence-corrected chi connectivity index (χ2v) is 4.92. The van der Waals surface area contributed by atoms with Gasteiger partial charge in [-0.3, -0.25) is 4.79 Å². The lowest BCUT2D eigenvalue weighted by atomic mass is 10.2. The number of fused-ring (bicyclic) bond motifs is 1. The van der Waals surface area contributed by atoms with E-state index >= 15 is 0 Å². The maximum Gasteiger partial charge on any atom is 0.256 e. The van der Waals surface area contributed by atoms with Gasteiger partial charge in [0.05, 0.1) is 22.9 Å². The molecule has 1 heterocycles. The Morgan fingerprint density at radius 3 is 2.89 bits per heavy atom. The fraction of sp³-hybridized carbons (Fsp3) is 0. The highest BCUT2D eigenvalue weighted by atomic mass is 79.9. The number of nitrogens with zero attached hydrogens (tertiary/aromatic N) is 1. The maximum absolute atomic E-state index is 12.1. The third kappa shape index (κ3) is 2.37. The largest absolute Gasteiger partial charge is 0.345 e. The molecule has 0 aliphatic carbocycles. The Hall–Kier alpha value is -2.14. The number of carbonyl (C=O) groups is 1. The van der Waals surface area contributed by atoms with Crippen molar-refractivity contribution in [3.8, 4) is 0 Å². The van der Waals surface area contributed by atoms with E-state index in [1.807, 2.05) is 36.4 Å². The van der Waals surface area contributed by atoms with E-state index in [0.717, 1.165) is 21.2 Å². The van der Waals surface area contributed by atoms with E-state index in [1.165, 1.54) is 0 Å². The number of rotatable bonds is 2. The molecule has 1 aromatic heterocycles. The summed E-state index contributed by atoms with van der Waals surface area (Å²) in [5.41, 5.74) is 3.11. The zero-order valence-electron chi connectivity index (χ0n) is 9.85. The van der Waals surface area contributed by atoms with Crippen LogP contribution in [0.3, 0.4) is 0 Å². The summed E-state index contributed by atoms with van der Waals surface area (Å²) < 4.78 is 0.773. The van der Waals surface area contributed by atoms with Gasteiger partial charge in [-0.1, -0.05) is 12.1 Å². The Balaban J connectivity index is 1.88. The fourth-order valence-electron chi connectivity index (χ4n) is 1.86. The van der Waals surface area contributed by atoms with Crippen molar-refractivity contribution in [3.05, 3.63) is 58.8 Å². The highest BCUT2D eigenvalue weighted by Crippen LogP contribution is 2.19. The van der Waals surface area contributed by atoms with E-state index in [4.69, 9.17) is 0 Å². The van der Waals surface area contributed by atoms with Gasteiger partial charge in [-0.15, -0.1) is 0 Å². The Morgan fingerprint density at radius 2 is 2.05 bits per heavy atom. The first-order chi connectivity index (χ1) is 9.24. The molecule has 0 atom stereocenters. The summed E-state index contributed by atoms with van der Waals surface area (Å²) in [6.45, 7) is 0. The standard InChI is InChI=1S/C14H10BrN3O/c15-11-4-2-1-3-10(11)14(19)18-9-5-6-12-13(7-9)17-8-16-12/h1-8H,(H,16,17)(H,18,19). The first-order valence-corrected chi connectivity index (χ1v) is 6.52. The van der Waals surface area contributed by atoms with Crippen LogP contribution < -0.4 is 5.32 Å². The van der Waals surface area contributed by atoms with Crippen LogP contribution in [0.5, 0.6) is 0 Å².